The molecule has 4 aromatic rings. The fraction of sp³-hybridized carbons (Fsp3) is 0.118. The van der Waals surface area contributed by atoms with Gasteiger partial charge in [0, 0.05) is 5.38 Å². The van der Waals surface area contributed by atoms with Gasteiger partial charge in [0.15, 0.2) is 5.82 Å². The number of tetrazole rings is 1. The molecule has 0 aliphatic carbocycles. The molecular formula is C17H13FN6OS2. The minimum absolute atomic E-state index is 0.0649. The smallest absolute Gasteiger partial charge is 0.230 e. The number of anilines is 1. The Morgan fingerprint density at radius 1 is 1.30 bits per heavy atom. The van der Waals surface area contributed by atoms with Crippen LogP contribution in [0.2, 0.25) is 0 Å². The SMILES string of the molecule is Cc1nnnn1-c1ccc(F)c(NC(=O)Cc2csc(-c3cccs3)n2)c1. The molecule has 3 aromatic heterocycles. The highest BCUT2D eigenvalue weighted by atomic mass is 32.1. The van der Waals surface area contributed by atoms with Gasteiger partial charge in [0.05, 0.1) is 28.4 Å². The number of benzene rings is 1. The summed E-state index contributed by atoms with van der Waals surface area (Å²) in [6.45, 7) is 1.73. The predicted molar refractivity (Wildman–Crippen MR) is 102 cm³/mol. The number of aryl methyl sites for hydroxylation is 1. The fourth-order valence-corrected chi connectivity index (χ4v) is 4.11. The van der Waals surface area contributed by atoms with E-state index in [2.05, 4.69) is 25.8 Å². The Morgan fingerprint density at radius 3 is 2.93 bits per heavy atom. The fourth-order valence-electron chi connectivity index (χ4n) is 2.47. The quantitative estimate of drug-likeness (QED) is 0.554. The van der Waals surface area contributed by atoms with E-state index in [9.17, 15) is 9.18 Å². The molecule has 10 heteroatoms. The van der Waals surface area contributed by atoms with E-state index in [4.69, 9.17) is 0 Å². The van der Waals surface area contributed by atoms with Crippen LogP contribution in [0.15, 0.2) is 41.1 Å². The van der Waals surface area contributed by atoms with Gasteiger partial charge in [0.2, 0.25) is 5.91 Å². The van der Waals surface area contributed by atoms with Crippen molar-refractivity contribution in [2.24, 2.45) is 0 Å². The highest BCUT2D eigenvalue weighted by Crippen LogP contribution is 2.28. The number of hydrogen-bond donors (Lipinski definition) is 1. The van der Waals surface area contributed by atoms with Crippen molar-refractivity contribution >= 4 is 34.3 Å². The van der Waals surface area contributed by atoms with E-state index >= 15 is 0 Å². The maximum Gasteiger partial charge on any atom is 0.230 e. The molecule has 0 fully saturated rings. The highest BCUT2D eigenvalue weighted by molar-refractivity contribution is 7.20. The van der Waals surface area contributed by atoms with Crippen LogP contribution < -0.4 is 5.32 Å². The molecule has 0 saturated heterocycles. The zero-order valence-corrected chi connectivity index (χ0v) is 15.7. The van der Waals surface area contributed by atoms with E-state index in [-0.39, 0.29) is 18.0 Å². The Hall–Kier alpha value is -2.98. The largest absolute Gasteiger partial charge is 0.323 e. The first-order chi connectivity index (χ1) is 13.1. The molecule has 0 unspecified atom stereocenters. The maximum absolute atomic E-state index is 14.1. The monoisotopic (exact) mass is 400 g/mol. The van der Waals surface area contributed by atoms with E-state index in [0.717, 1.165) is 9.88 Å². The van der Waals surface area contributed by atoms with Gasteiger partial charge in [0.25, 0.3) is 0 Å². The minimum atomic E-state index is -0.532. The second-order valence-electron chi connectivity index (χ2n) is 5.65. The standard InChI is InChI=1S/C17H13FN6OS2/c1-10-21-22-23-24(10)12-4-5-13(18)14(8-12)20-16(25)7-11-9-27-17(19-11)15-3-2-6-26-15/h2-6,8-9H,7H2,1H3,(H,20,25). The van der Waals surface area contributed by atoms with Crippen LogP contribution in [0.4, 0.5) is 10.1 Å². The Kier molecular flexibility index (Phi) is 4.73. The molecule has 0 atom stereocenters. The summed E-state index contributed by atoms with van der Waals surface area (Å²) in [5, 5.41) is 18.5. The van der Waals surface area contributed by atoms with Crippen molar-refractivity contribution in [1.82, 2.24) is 25.2 Å². The number of carbonyl (C=O) groups is 1. The van der Waals surface area contributed by atoms with Crippen molar-refractivity contribution in [3.8, 4) is 15.6 Å². The molecule has 0 radical (unpaired) electrons. The van der Waals surface area contributed by atoms with Crippen LogP contribution in [0, 0.1) is 12.7 Å². The molecule has 1 aromatic carbocycles. The first-order valence-corrected chi connectivity index (χ1v) is 9.69. The third-order valence-electron chi connectivity index (χ3n) is 3.72. The number of thiazole rings is 1. The zero-order chi connectivity index (χ0) is 18.8. The lowest BCUT2D eigenvalue weighted by Crippen LogP contribution is -2.16. The third-order valence-corrected chi connectivity index (χ3v) is 5.65. The van der Waals surface area contributed by atoms with Gasteiger partial charge in [-0.2, -0.15) is 4.68 Å². The molecule has 1 amide bonds. The van der Waals surface area contributed by atoms with Gasteiger partial charge in [-0.05, 0) is 47.0 Å². The number of nitrogens with one attached hydrogen (secondary N) is 1. The van der Waals surface area contributed by atoms with E-state index in [0.29, 0.717) is 17.2 Å². The average Bonchev–Trinajstić information content (AvgIpc) is 3.38. The molecule has 1 N–H and O–H groups in total. The summed E-state index contributed by atoms with van der Waals surface area (Å²) < 4.78 is 15.6. The molecule has 0 saturated carbocycles. The molecule has 27 heavy (non-hydrogen) atoms. The van der Waals surface area contributed by atoms with Crippen LogP contribution in [-0.2, 0) is 11.2 Å². The Balaban J connectivity index is 1.49. The number of hydrogen-bond acceptors (Lipinski definition) is 7. The van der Waals surface area contributed by atoms with Crippen LogP contribution in [0.5, 0.6) is 0 Å². The van der Waals surface area contributed by atoms with Crippen molar-refractivity contribution in [1.29, 1.82) is 0 Å². The van der Waals surface area contributed by atoms with Crippen LogP contribution >= 0.6 is 22.7 Å². The number of carbonyl (C=O) groups excluding carboxylic acids is 1. The van der Waals surface area contributed by atoms with Gasteiger partial charge in [-0.15, -0.1) is 27.8 Å². The van der Waals surface area contributed by atoms with Gasteiger partial charge in [-0.25, -0.2) is 9.37 Å². The van der Waals surface area contributed by atoms with Crippen molar-refractivity contribution in [3.63, 3.8) is 0 Å². The van der Waals surface area contributed by atoms with Gasteiger partial charge < -0.3 is 5.32 Å². The first-order valence-electron chi connectivity index (χ1n) is 7.93. The molecule has 4 rings (SSSR count). The van der Waals surface area contributed by atoms with E-state index in [1.807, 2.05) is 22.9 Å². The van der Waals surface area contributed by atoms with E-state index in [1.54, 1.807) is 24.3 Å². The van der Waals surface area contributed by atoms with Gasteiger partial charge in [-0.1, -0.05) is 6.07 Å². The van der Waals surface area contributed by atoms with E-state index < -0.39 is 5.82 Å². The summed E-state index contributed by atoms with van der Waals surface area (Å²) in [4.78, 5) is 17.9. The number of halogens is 1. The summed E-state index contributed by atoms with van der Waals surface area (Å²) in [7, 11) is 0. The van der Waals surface area contributed by atoms with Gasteiger partial charge >= 0.3 is 0 Å². The lowest BCUT2D eigenvalue weighted by Gasteiger charge is -2.08. The highest BCUT2D eigenvalue weighted by Gasteiger charge is 2.13. The molecule has 0 spiro atoms. The molecule has 3 heterocycles. The van der Waals surface area contributed by atoms with Crippen LogP contribution in [0.1, 0.15) is 11.5 Å². The van der Waals surface area contributed by atoms with Crippen molar-refractivity contribution in [2.75, 3.05) is 5.32 Å². The maximum atomic E-state index is 14.1. The Morgan fingerprint density at radius 2 is 2.19 bits per heavy atom. The molecule has 7 nitrogen and oxygen atoms in total. The summed E-state index contributed by atoms with van der Waals surface area (Å²) >= 11 is 3.07. The van der Waals surface area contributed by atoms with Crippen LogP contribution in [0.3, 0.4) is 0 Å². The molecule has 0 aliphatic heterocycles. The number of amides is 1. The first kappa shape index (κ1) is 17.4. The minimum Gasteiger partial charge on any atom is -0.323 e. The molecule has 0 bridgehead atoms. The lowest BCUT2D eigenvalue weighted by atomic mass is 10.2. The summed E-state index contributed by atoms with van der Waals surface area (Å²) in [6.07, 6.45) is 0.0649. The third kappa shape index (κ3) is 3.76. The number of aromatic nitrogens is 5. The van der Waals surface area contributed by atoms with Gasteiger partial charge in [-0.3, -0.25) is 4.79 Å². The zero-order valence-electron chi connectivity index (χ0n) is 14.1. The summed E-state index contributed by atoms with van der Waals surface area (Å²) in [6, 6.07) is 8.24. The summed E-state index contributed by atoms with van der Waals surface area (Å²) in [5.74, 6) is -0.319. The predicted octanol–water partition coefficient (Wildman–Crippen LogP) is 3.48. The Labute approximate surface area is 161 Å². The van der Waals surface area contributed by atoms with Crippen LogP contribution in [-0.4, -0.2) is 31.1 Å². The summed E-state index contributed by atoms with van der Waals surface area (Å²) in [5.41, 5.74) is 1.28. The van der Waals surface area contributed by atoms with Crippen LogP contribution in [0.25, 0.3) is 15.6 Å². The van der Waals surface area contributed by atoms with Crippen molar-refractivity contribution < 1.29 is 9.18 Å². The normalized spacial score (nSPS) is 10.9. The topological polar surface area (TPSA) is 85.6 Å². The van der Waals surface area contributed by atoms with Gasteiger partial charge in [0.1, 0.15) is 10.8 Å². The number of nitrogens with zero attached hydrogens (tertiary/aromatic N) is 5. The van der Waals surface area contributed by atoms with Crippen molar-refractivity contribution in [2.45, 2.75) is 13.3 Å². The van der Waals surface area contributed by atoms with Crippen molar-refractivity contribution in [3.05, 3.63) is 58.4 Å². The molecule has 136 valence electrons. The van der Waals surface area contributed by atoms with E-state index in [1.165, 1.54) is 28.2 Å². The second-order valence-corrected chi connectivity index (χ2v) is 7.45. The number of rotatable bonds is 5. The average molecular weight is 400 g/mol. The lowest BCUT2D eigenvalue weighted by molar-refractivity contribution is -0.115. The molecule has 0 aliphatic rings. The number of thiophene rings is 1. The Bertz CT molecular complexity index is 1090. The second kappa shape index (κ2) is 7.33. The molecular weight excluding hydrogens is 387 g/mol.